The summed E-state index contributed by atoms with van der Waals surface area (Å²) < 4.78 is 0. The van der Waals surface area contributed by atoms with E-state index in [9.17, 15) is 9.59 Å². The zero-order valence-corrected chi connectivity index (χ0v) is 11.8. The normalized spacial score (nSPS) is 23.1. The van der Waals surface area contributed by atoms with Gasteiger partial charge in [-0.1, -0.05) is 25.1 Å². The molecule has 2 aliphatic rings. The van der Waals surface area contributed by atoms with E-state index in [0.29, 0.717) is 17.9 Å². The highest BCUT2D eigenvalue weighted by Gasteiger charge is 2.32. The highest BCUT2D eigenvalue weighted by Crippen LogP contribution is 2.20. The fraction of sp³-hybridized carbons (Fsp3) is 0.500. The Balaban J connectivity index is 1.73. The molecule has 4 heteroatoms. The maximum atomic E-state index is 12.5. The molecule has 0 bridgehead atoms. The van der Waals surface area contributed by atoms with Crippen molar-refractivity contribution in [2.24, 2.45) is 5.92 Å². The first-order valence-corrected chi connectivity index (χ1v) is 7.32. The molecule has 1 atom stereocenters. The molecule has 2 heterocycles. The quantitative estimate of drug-likeness (QED) is 0.844. The van der Waals surface area contributed by atoms with Crippen LogP contribution in [0.5, 0.6) is 0 Å². The van der Waals surface area contributed by atoms with Gasteiger partial charge in [0.15, 0.2) is 0 Å². The third-order valence-electron chi connectivity index (χ3n) is 4.38. The standard InChI is InChI=1S/C16H20N2O2/c1-11-6-8-18(9-7-11)16(20)14-10-12-4-2-3-5-13(12)15(19)17-14/h2-5,11,14H,6-10H2,1H3,(H,17,19). The van der Waals surface area contributed by atoms with E-state index in [1.165, 1.54) is 0 Å². The van der Waals surface area contributed by atoms with Crippen LogP contribution in [0.15, 0.2) is 24.3 Å². The number of fused-ring (bicyclic) bond motifs is 1. The second-order valence-corrected chi connectivity index (χ2v) is 5.90. The number of rotatable bonds is 1. The van der Waals surface area contributed by atoms with Crippen LogP contribution in [0.3, 0.4) is 0 Å². The minimum Gasteiger partial charge on any atom is -0.341 e. The molecule has 3 rings (SSSR count). The summed E-state index contributed by atoms with van der Waals surface area (Å²) in [6, 6.07) is 7.13. The van der Waals surface area contributed by atoms with Gasteiger partial charge in [0.2, 0.25) is 5.91 Å². The predicted octanol–water partition coefficient (Wildman–Crippen LogP) is 1.60. The molecule has 1 N–H and O–H groups in total. The van der Waals surface area contributed by atoms with Crippen LogP contribution in [-0.2, 0) is 11.2 Å². The predicted molar refractivity (Wildman–Crippen MR) is 76.4 cm³/mol. The van der Waals surface area contributed by atoms with Gasteiger partial charge in [0, 0.05) is 25.1 Å². The Hall–Kier alpha value is -1.84. The van der Waals surface area contributed by atoms with E-state index < -0.39 is 6.04 Å². The molecule has 1 saturated heterocycles. The number of piperidine rings is 1. The van der Waals surface area contributed by atoms with Gasteiger partial charge < -0.3 is 10.2 Å². The molecule has 0 saturated carbocycles. The molecule has 0 radical (unpaired) electrons. The van der Waals surface area contributed by atoms with Crippen molar-refractivity contribution in [1.82, 2.24) is 10.2 Å². The second kappa shape index (κ2) is 5.27. The maximum Gasteiger partial charge on any atom is 0.252 e. The Morgan fingerprint density at radius 1 is 1.25 bits per heavy atom. The van der Waals surface area contributed by atoms with E-state index in [2.05, 4.69) is 12.2 Å². The first-order valence-electron chi connectivity index (χ1n) is 7.32. The smallest absolute Gasteiger partial charge is 0.252 e. The molecule has 0 spiro atoms. The van der Waals surface area contributed by atoms with Crippen LogP contribution in [0.2, 0.25) is 0 Å². The Bertz CT molecular complexity index is 533. The number of hydrogen-bond donors (Lipinski definition) is 1. The van der Waals surface area contributed by atoms with Gasteiger partial charge in [-0.3, -0.25) is 9.59 Å². The van der Waals surface area contributed by atoms with Crippen molar-refractivity contribution in [1.29, 1.82) is 0 Å². The molecule has 106 valence electrons. The molecule has 1 aromatic rings. The van der Waals surface area contributed by atoms with Gasteiger partial charge in [-0.15, -0.1) is 0 Å². The van der Waals surface area contributed by atoms with Crippen molar-refractivity contribution >= 4 is 11.8 Å². The molecule has 0 aromatic heterocycles. The fourth-order valence-electron chi connectivity index (χ4n) is 3.03. The van der Waals surface area contributed by atoms with Crippen molar-refractivity contribution in [2.75, 3.05) is 13.1 Å². The van der Waals surface area contributed by atoms with Gasteiger partial charge >= 0.3 is 0 Å². The van der Waals surface area contributed by atoms with Crippen LogP contribution < -0.4 is 5.32 Å². The highest BCUT2D eigenvalue weighted by molar-refractivity contribution is 6.00. The molecule has 1 unspecified atom stereocenters. The van der Waals surface area contributed by atoms with Gasteiger partial charge in [-0.25, -0.2) is 0 Å². The minimum atomic E-state index is -0.397. The topological polar surface area (TPSA) is 49.4 Å². The maximum absolute atomic E-state index is 12.5. The summed E-state index contributed by atoms with van der Waals surface area (Å²) in [6.45, 7) is 3.85. The zero-order valence-electron chi connectivity index (χ0n) is 11.8. The lowest BCUT2D eigenvalue weighted by Crippen LogP contribution is -2.53. The highest BCUT2D eigenvalue weighted by atomic mass is 16.2. The third kappa shape index (κ3) is 2.42. The van der Waals surface area contributed by atoms with Gasteiger partial charge in [-0.2, -0.15) is 0 Å². The zero-order chi connectivity index (χ0) is 14.1. The molecule has 1 aromatic carbocycles. The summed E-state index contributed by atoms with van der Waals surface area (Å²) in [5.74, 6) is 0.635. The average molecular weight is 272 g/mol. The van der Waals surface area contributed by atoms with Gasteiger partial charge in [0.05, 0.1) is 0 Å². The second-order valence-electron chi connectivity index (χ2n) is 5.90. The number of nitrogens with zero attached hydrogens (tertiary/aromatic N) is 1. The van der Waals surface area contributed by atoms with Crippen molar-refractivity contribution in [2.45, 2.75) is 32.2 Å². The Kier molecular flexibility index (Phi) is 3.47. The minimum absolute atomic E-state index is 0.0692. The van der Waals surface area contributed by atoms with Crippen LogP contribution in [-0.4, -0.2) is 35.8 Å². The van der Waals surface area contributed by atoms with Crippen LogP contribution in [0.1, 0.15) is 35.7 Å². The largest absolute Gasteiger partial charge is 0.341 e. The summed E-state index contributed by atoms with van der Waals surface area (Å²) >= 11 is 0. The Labute approximate surface area is 119 Å². The van der Waals surface area contributed by atoms with Gasteiger partial charge in [-0.05, 0) is 30.4 Å². The number of nitrogens with one attached hydrogen (secondary N) is 1. The van der Waals surface area contributed by atoms with Crippen molar-refractivity contribution in [3.05, 3.63) is 35.4 Å². The number of amides is 2. The number of hydrogen-bond acceptors (Lipinski definition) is 2. The number of benzene rings is 1. The SMILES string of the molecule is CC1CCN(C(=O)C2Cc3ccccc3C(=O)N2)CC1. The lowest BCUT2D eigenvalue weighted by Gasteiger charge is -2.34. The monoisotopic (exact) mass is 272 g/mol. The molecular weight excluding hydrogens is 252 g/mol. The average Bonchev–Trinajstić information content (AvgIpc) is 2.47. The molecular formula is C16H20N2O2. The van der Waals surface area contributed by atoms with Crippen molar-refractivity contribution < 1.29 is 9.59 Å². The first kappa shape index (κ1) is 13.2. The number of carbonyl (C=O) groups is 2. The number of carbonyl (C=O) groups excluding carboxylic acids is 2. The fourth-order valence-corrected chi connectivity index (χ4v) is 3.03. The van der Waals surface area contributed by atoms with E-state index >= 15 is 0 Å². The molecule has 2 amide bonds. The molecule has 20 heavy (non-hydrogen) atoms. The first-order chi connectivity index (χ1) is 9.65. The molecule has 0 aliphatic carbocycles. The van der Waals surface area contributed by atoms with Crippen LogP contribution in [0.25, 0.3) is 0 Å². The summed E-state index contributed by atoms with van der Waals surface area (Å²) in [4.78, 5) is 26.5. The van der Waals surface area contributed by atoms with E-state index in [1.54, 1.807) is 0 Å². The van der Waals surface area contributed by atoms with E-state index in [-0.39, 0.29) is 11.8 Å². The summed E-state index contributed by atoms with van der Waals surface area (Å²) in [6.07, 6.45) is 2.72. The van der Waals surface area contributed by atoms with Crippen LogP contribution in [0, 0.1) is 5.92 Å². The van der Waals surface area contributed by atoms with E-state index in [1.807, 2.05) is 29.2 Å². The molecule has 2 aliphatic heterocycles. The van der Waals surface area contributed by atoms with Crippen molar-refractivity contribution in [3.63, 3.8) is 0 Å². The summed E-state index contributed by atoms with van der Waals surface area (Å²) in [5, 5.41) is 2.85. The van der Waals surface area contributed by atoms with Gasteiger partial charge in [0.1, 0.15) is 6.04 Å². The molecule has 1 fully saturated rings. The van der Waals surface area contributed by atoms with Crippen LogP contribution >= 0.6 is 0 Å². The van der Waals surface area contributed by atoms with Crippen molar-refractivity contribution in [3.8, 4) is 0 Å². The Morgan fingerprint density at radius 2 is 1.95 bits per heavy atom. The lowest BCUT2D eigenvalue weighted by molar-refractivity contribution is -0.134. The van der Waals surface area contributed by atoms with E-state index in [0.717, 1.165) is 31.5 Å². The lowest BCUT2D eigenvalue weighted by atomic mass is 9.93. The number of likely N-dealkylation sites (tertiary alicyclic amines) is 1. The molecule has 4 nitrogen and oxygen atoms in total. The summed E-state index contributed by atoms with van der Waals surface area (Å²) in [7, 11) is 0. The third-order valence-corrected chi connectivity index (χ3v) is 4.38. The van der Waals surface area contributed by atoms with E-state index in [4.69, 9.17) is 0 Å². The summed E-state index contributed by atoms with van der Waals surface area (Å²) in [5.41, 5.74) is 1.67. The van der Waals surface area contributed by atoms with Gasteiger partial charge in [0.25, 0.3) is 5.91 Å². The van der Waals surface area contributed by atoms with Crippen LogP contribution in [0.4, 0.5) is 0 Å². The Morgan fingerprint density at radius 3 is 2.70 bits per heavy atom.